The molecule has 30 heavy (non-hydrogen) atoms. The van der Waals surface area contributed by atoms with Crippen molar-refractivity contribution < 1.29 is 14.3 Å². The predicted molar refractivity (Wildman–Crippen MR) is 126 cm³/mol. The fourth-order valence-corrected chi connectivity index (χ4v) is 5.14. The van der Waals surface area contributed by atoms with Gasteiger partial charge in [0.2, 0.25) is 5.91 Å². The molecule has 0 unspecified atom stereocenters. The summed E-state index contributed by atoms with van der Waals surface area (Å²) >= 11 is 8.07. The fourth-order valence-electron chi connectivity index (χ4n) is 3.17. The maximum Gasteiger partial charge on any atom is 0.266 e. The summed E-state index contributed by atoms with van der Waals surface area (Å²) in [6.07, 6.45) is 4.41. The van der Waals surface area contributed by atoms with Crippen molar-refractivity contribution in [3.05, 3.63) is 57.3 Å². The zero-order valence-electron chi connectivity index (χ0n) is 16.1. The van der Waals surface area contributed by atoms with Crippen LogP contribution < -0.4 is 10.1 Å². The third-order valence-electron chi connectivity index (χ3n) is 4.68. The number of rotatable bonds is 7. The Bertz CT molecular complexity index is 1140. The Morgan fingerprint density at radius 1 is 1.37 bits per heavy atom. The quantitative estimate of drug-likeness (QED) is 0.417. The van der Waals surface area contributed by atoms with Crippen LogP contribution in [0, 0.1) is 0 Å². The lowest BCUT2D eigenvalue weighted by Crippen LogP contribution is -2.40. The molecular formula is C21H19N3O3S3. The first-order valence-electron chi connectivity index (χ1n) is 9.24. The number of carbonyl (C=O) groups excluding carboxylic acids is 2. The minimum atomic E-state index is -0.235. The van der Waals surface area contributed by atoms with Crippen molar-refractivity contribution in [2.75, 3.05) is 20.2 Å². The maximum atomic E-state index is 12.6. The number of thioether (sulfide) groups is 1. The Balaban J connectivity index is 1.33. The smallest absolute Gasteiger partial charge is 0.266 e. The van der Waals surface area contributed by atoms with Crippen LogP contribution in [-0.2, 0) is 16.0 Å². The number of fused-ring (bicyclic) bond motifs is 1. The van der Waals surface area contributed by atoms with Gasteiger partial charge in [0.1, 0.15) is 16.6 Å². The summed E-state index contributed by atoms with van der Waals surface area (Å²) < 4.78 is 5.69. The molecule has 0 aliphatic carbocycles. The lowest BCUT2D eigenvalue weighted by Gasteiger charge is -2.14. The molecule has 0 bridgehead atoms. The minimum absolute atomic E-state index is 0.0752. The molecular weight excluding hydrogens is 438 g/mol. The zero-order chi connectivity index (χ0) is 21.1. The van der Waals surface area contributed by atoms with E-state index < -0.39 is 0 Å². The van der Waals surface area contributed by atoms with E-state index in [1.165, 1.54) is 16.7 Å². The molecule has 0 atom stereocenters. The summed E-state index contributed by atoms with van der Waals surface area (Å²) in [5.74, 6) is 0.329. The summed E-state index contributed by atoms with van der Waals surface area (Å²) in [6, 6.07) is 9.70. The molecule has 1 aliphatic heterocycles. The first-order valence-corrected chi connectivity index (χ1v) is 11.3. The fraction of sp³-hybridized carbons (Fsp3) is 0.190. The van der Waals surface area contributed by atoms with Crippen LogP contribution in [-0.4, -0.2) is 46.2 Å². The summed E-state index contributed by atoms with van der Waals surface area (Å²) in [7, 11) is 1.64. The van der Waals surface area contributed by atoms with E-state index in [-0.39, 0.29) is 18.4 Å². The molecule has 2 amide bonds. The van der Waals surface area contributed by atoms with Gasteiger partial charge in [0.15, 0.2) is 0 Å². The summed E-state index contributed by atoms with van der Waals surface area (Å²) in [6.45, 7) is 0.386. The SMILES string of the molecule is COc1ccc2[nH]cc(CCNC(=O)CN3C(=O)C(=Cc4cccs4)SC3=S)c2c1. The van der Waals surface area contributed by atoms with Crippen molar-refractivity contribution in [2.45, 2.75) is 6.42 Å². The molecule has 4 rings (SSSR count). The van der Waals surface area contributed by atoms with Crippen LogP contribution in [0.3, 0.4) is 0 Å². The van der Waals surface area contributed by atoms with Crippen molar-refractivity contribution in [1.82, 2.24) is 15.2 Å². The number of H-pyrrole nitrogens is 1. The number of methoxy groups -OCH3 is 1. The number of thiophene rings is 1. The van der Waals surface area contributed by atoms with Crippen molar-refractivity contribution in [1.29, 1.82) is 0 Å². The number of nitrogens with one attached hydrogen (secondary N) is 2. The normalized spacial score (nSPS) is 15.4. The van der Waals surface area contributed by atoms with Gasteiger partial charge < -0.3 is 15.0 Å². The van der Waals surface area contributed by atoms with Gasteiger partial charge in [-0.05, 0) is 47.7 Å². The number of hydrogen-bond donors (Lipinski definition) is 2. The molecule has 1 saturated heterocycles. The van der Waals surface area contributed by atoms with E-state index in [0.29, 0.717) is 22.2 Å². The van der Waals surface area contributed by atoms with Gasteiger partial charge in [-0.1, -0.05) is 30.0 Å². The molecule has 154 valence electrons. The molecule has 3 aromatic rings. The topological polar surface area (TPSA) is 74.4 Å². The van der Waals surface area contributed by atoms with Gasteiger partial charge in [0.05, 0.1) is 12.0 Å². The summed E-state index contributed by atoms with van der Waals surface area (Å²) in [4.78, 5) is 31.1. The molecule has 2 aromatic heterocycles. The van der Waals surface area contributed by atoms with Crippen LogP contribution in [0.5, 0.6) is 5.75 Å². The van der Waals surface area contributed by atoms with E-state index in [1.807, 2.05) is 48.0 Å². The number of amides is 2. The van der Waals surface area contributed by atoms with Gasteiger partial charge in [-0.15, -0.1) is 11.3 Å². The largest absolute Gasteiger partial charge is 0.497 e. The predicted octanol–water partition coefficient (Wildman–Crippen LogP) is 3.80. The second-order valence-corrected chi connectivity index (χ2v) is 9.26. The highest BCUT2D eigenvalue weighted by atomic mass is 32.2. The number of aromatic amines is 1. The highest BCUT2D eigenvalue weighted by molar-refractivity contribution is 8.26. The molecule has 0 saturated carbocycles. The standard InChI is InChI=1S/C21H19N3O3S3/c1-27-14-4-5-17-16(9-14)13(11-23-17)6-7-22-19(25)12-24-20(26)18(30-21(24)28)10-15-3-2-8-29-15/h2-5,8-11,23H,6-7,12H2,1H3,(H,22,25). The minimum Gasteiger partial charge on any atom is -0.497 e. The molecule has 1 aromatic carbocycles. The van der Waals surface area contributed by atoms with Gasteiger partial charge in [-0.2, -0.15) is 0 Å². The van der Waals surface area contributed by atoms with Crippen LogP contribution in [0.1, 0.15) is 10.4 Å². The van der Waals surface area contributed by atoms with Crippen molar-refractivity contribution in [3.8, 4) is 5.75 Å². The summed E-state index contributed by atoms with van der Waals surface area (Å²) in [5.41, 5.74) is 2.11. The Labute approximate surface area is 187 Å². The zero-order valence-corrected chi connectivity index (χ0v) is 18.6. The lowest BCUT2D eigenvalue weighted by atomic mass is 10.1. The lowest BCUT2D eigenvalue weighted by molar-refractivity contribution is -0.128. The number of carbonyl (C=O) groups is 2. The first-order chi connectivity index (χ1) is 14.5. The Morgan fingerprint density at radius 2 is 2.23 bits per heavy atom. The average Bonchev–Trinajstić information content (AvgIpc) is 3.45. The van der Waals surface area contributed by atoms with Crippen LogP contribution in [0.2, 0.25) is 0 Å². The maximum absolute atomic E-state index is 12.6. The number of nitrogens with zero attached hydrogens (tertiary/aromatic N) is 1. The van der Waals surface area contributed by atoms with Crippen LogP contribution in [0.25, 0.3) is 17.0 Å². The monoisotopic (exact) mass is 457 g/mol. The van der Waals surface area contributed by atoms with Crippen molar-refractivity contribution in [2.24, 2.45) is 0 Å². The van der Waals surface area contributed by atoms with E-state index in [1.54, 1.807) is 18.4 Å². The van der Waals surface area contributed by atoms with Gasteiger partial charge in [-0.3, -0.25) is 14.5 Å². The average molecular weight is 458 g/mol. The van der Waals surface area contributed by atoms with Crippen LogP contribution in [0.4, 0.5) is 0 Å². The van der Waals surface area contributed by atoms with E-state index in [4.69, 9.17) is 17.0 Å². The molecule has 2 N–H and O–H groups in total. The van der Waals surface area contributed by atoms with E-state index >= 15 is 0 Å². The number of thiocarbonyl (C=S) groups is 1. The Hall–Kier alpha value is -2.62. The van der Waals surface area contributed by atoms with E-state index in [0.717, 1.165) is 27.1 Å². The molecule has 0 spiro atoms. The number of ether oxygens (including phenoxy) is 1. The second kappa shape index (κ2) is 9.03. The van der Waals surface area contributed by atoms with Gasteiger partial charge in [0, 0.05) is 28.5 Å². The van der Waals surface area contributed by atoms with E-state index in [2.05, 4.69) is 10.3 Å². The van der Waals surface area contributed by atoms with Crippen LogP contribution in [0.15, 0.2) is 46.8 Å². The number of benzene rings is 1. The third kappa shape index (κ3) is 4.43. The molecule has 3 heterocycles. The first kappa shape index (κ1) is 20.6. The molecule has 6 nitrogen and oxygen atoms in total. The summed E-state index contributed by atoms with van der Waals surface area (Å²) in [5, 5.41) is 5.90. The highest BCUT2D eigenvalue weighted by Gasteiger charge is 2.33. The van der Waals surface area contributed by atoms with E-state index in [9.17, 15) is 9.59 Å². The van der Waals surface area contributed by atoms with Gasteiger partial charge in [0.25, 0.3) is 5.91 Å². The van der Waals surface area contributed by atoms with Crippen molar-refractivity contribution >= 4 is 68.4 Å². The molecule has 1 fully saturated rings. The Morgan fingerprint density at radius 3 is 3.00 bits per heavy atom. The highest BCUT2D eigenvalue weighted by Crippen LogP contribution is 2.33. The Kier molecular flexibility index (Phi) is 6.21. The molecule has 9 heteroatoms. The molecule has 1 aliphatic rings. The third-order valence-corrected chi connectivity index (χ3v) is 6.88. The van der Waals surface area contributed by atoms with Gasteiger partial charge >= 0.3 is 0 Å². The second-order valence-electron chi connectivity index (χ2n) is 6.61. The van der Waals surface area contributed by atoms with Crippen molar-refractivity contribution in [3.63, 3.8) is 0 Å². The van der Waals surface area contributed by atoms with Crippen LogP contribution >= 0.6 is 35.3 Å². The van der Waals surface area contributed by atoms with Gasteiger partial charge in [-0.25, -0.2) is 0 Å². The molecule has 0 radical (unpaired) electrons. The number of hydrogen-bond acceptors (Lipinski definition) is 6. The number of aromatic nitrogens is 1.